The van der Waals surface area contributed by atoms with E-state index >= 15 is 0 Å². The second kappa shape index (κ2) is 4.32. The van der Waals surface area contributed by atoms with Crippen LogP contribution in [0.1, 0.15) is 17.4 Å². The van der Waals surface area contributed by atoms with Crippen LogP contribution < -0.4 is 5.73 Å². The molecule has 1 unspecified atom stereocenters. The van der Waals surface area contributed by atoms with Crippen molar-refractivity contribution in [2.24, 2.45) is 7.05 Å². The first kappa shape index (κ1) is 10.6. The molecule has 5 heteroatoms. The number of anilines is 1. The Kier molecular flexibility index (Phi) is 2.87. The number of hydrogen-bond donors (Lipinski definition) is 2. The number of aliphatic hydroxyl groups excluding tert-OH is 1. The van der Waals surface area contributed by atoms with Crippen LogP contribution in [0.4, 0.5) is 5.69 Å². The summed E-state index contributed by atoms with van der Waals surface area (Å²) in [6.07, 6.45) is 1.63. The number of rotatable bonds is 3. The van der Waals surface area contributed by atoms with Gasteiger partial charge in [-0.05, 0) is 17.7 Å². The van der Waals surface area contributed by atoms with Crippen LogP contribution in [0.5, 0.6) is 0 Å². The fourth-order valence-corrected chi connectivity index (χ4v) is 1.57. The molecule has 2 rings (SSSR count). The molecular formula is C11H14N4O. The Labute approximate surface area is 93.5 Å². The van der Waals surface area contributed by atoms with Gasteiger partial charge in [0.15, 0.2) is 0 Å². The maximum atomic E-state index is 9.98. The number of hydrogen-bond acceptors (Lipinski definition) is 4. The van der Waals surface area contributed by atoms with Crippen molar-refractivity contribution < 1.29 is 5.11 Å². The van der Waals surface area contributed by atoms with E-state index < -0.39 is 6.10 Å². The van der Waals surface area contributed by atoms with Crippen molar-refractivity contribution in [1.82, 2.24) is 15.0 Å². The standard InChI is InChI=1S/C11H14N4O/c1-15-7-10(13-14-15)6-11(16)8-3-2-4-9(12)5-8/h2-5,7,11,16H,6,12H2,1H3. The van der Waals surface area contributed by atoms with E-state index in [4.69, 9.17) is 5.73 Å². The van der Waals surface area contributed by atoms with Crippen molar-refractivity contribution in [3.8, 4) is 0 Å². The Bertz CT molecular complexity index is 480. The van der Waals surface area contributed by atoms with Crippen LogP contribution in [-0.4, -0.2) is 20.1 Å². The molecule has 5 nitrogen and oxygen atoms in total. The molecule has 1 atom stereocenters. The van der Waals surface area contributed by atoms with Gasteiger partial charge in [-0.2, -0.15) is 0 Å². The van der Waals surface area contributed by atoms with E-state index in [0.717, 1.165) is 11.3 Å². The Balaban J connectivity index is 2.11. The highest BCUT2D eigenvalue weighted by atomic mass is 16.3. The predicted molar refractivity (Wildman–Crippen MR) is 60.5 cm³/mol. The maximum absolute atomic E-state index is 9.98. The Morgan fingerprint density at radius 2 is 2.31 bits per heavy atom. The zero-order chi connectivity index (χ0) is 11.5. The molecule has 0 aliphatic carbocycles. The summed E-state index contributed by atoms with van der Waals surface area (Å²) in [7, 11) is 1.80. The molecule has 2 aromatic rings. The van der Waals surface area contributed by atoms with Crippen molar-refractivity contribution in [1.29, 1.82) is 0 Å². The fraction of sp³-hybridized carbons (Fsp3) is 0.273. The third-order valence-electron chi connectivity index (χ3n) is 2.35. The minimum absolute atomic E-state index is 0.442. The molecule has 0 radical (unpaired) electrons. The lowest BCUT2D eigenvalue weighted by atomic mass is 10.0. The second-order valence-electron chi connectivity index (χ2n) is 3.77. The molecule has 0 aliphatic heterocycles. The van der Waals surface area contributed by atoms with Gasteiger partial charge in [0.25, 0.3) is 0 Å². The summed E-state index contributed by atoms with van der Waals surface area (Å²) < 4.78 is 1.61. The normalized spacial score (nSPS) is 12.6. The van der Waals surface area contributed by atoms with Gasteiger partial charge < -0.3 is 10.8 Å². The number of nitrogens with two attached hydrogens (primary N) is 1. The monoisotopic (exact) mass is 218 g/mol. The summed E-state index contributed by atoms with van der Waals surface area (Å²) in [5, 5.41) is 17.7. The molecule has 0 aliphatic rings. The molecule has 0 amide bonds. The number of nitrogens with zero attached hydrogens (tertiary/aromatic N) is 3. The molecule has 0 saturated heterocycles. The molecule has 1 aromatic heterocycles. The first-order chi connectivity index (χ1) is 7.65. The molecule has 3 N–H and O–H groups in total. The summed E-state index contributed by atoms with van der Waals surface area (Å²) in [5.74, 6) is 0. The number of benzene rings is 1. The summed E-state index contributed by atoms with van der Waals surface area (Å²) in [5.41, 5.74) is 7.86. The molecule has 0 saturated carbocycles. The molecular weight excluding hydrogens is 204 g/mol. The lowest BCUT2D eigenvalue weighted by molar-refractivity contribution is 0.177. The molecule has 84 valence electrons. The lowest BCUT2D eigenvalue weighted by Crippen LogP contribution is -2.02. The van der Waals surface area contributed by atoms with E-state index in [1.54, 1.807) is 30.1 Å². The quantitative estimate of drug-likeness (QED) is 0.742. The van der Waals surface area contributed by atoms with E-state index in [9.17, 15) is 5.11 Å². The van der Waals surface area contributed by atoms with Gasteiger partial charge in [-0.3, -0.25) is 4.68 Å². The zero-order valence-electron chi connectivity index (χ0n) is 9.04. The first-order valence-electron chi connectivity index (χ1n) is 5.04. The lowest BCUT2D eigenvalue weighted by Gasteiger charge is -2.09. The Hall–Kier alpha value is -1.88. The number of aliphatic hydroxyl groups is 1. The van der Waals surface area contributed by atoms with Crippen LogP contribution in [0.15, 0.2) is 30.5 Å². The molecule has 1 aromatic carbocycles. The van der Waals surface area contributed by atoms with Crippen molar-refractivity contribution in [3.63, 3.8) is 0 Å². The summed E-state index contributed by atoms with van der Waals surface area (Å²) in [6.45, 7) is 0. The minimum Gasteiger partial charge on any atom is -0.399 e. The van der Waals surface area contributed by atoms with Gasteiger partial charge in [0.05, 0.1) is 11.8 Å². The minimum atomic E-state index is -0.597. The van der Waals surface area contributed by atoms with Crippen molar-refractivity contribution in [3.05, 3.63) is 41.7 Å². The average Bonchev–Trinajstić information content (AvgIpc) is 2.64. The predicted octanol–water partition coefficient (Wildman–Crippen LogP) is 0.673. The highest BCUT2D eigenvalue weighted by molar-refractivity contribution is 5.41. The zero-order valence-corrected chi connectivity index (χ0v) is 9.04. The smallest absolute Gasteiger partial charge is 0.0856 e. The van der Waals surface area contributed by atoms with Gasteiger partial charge in [0.2, 0.25) is 0 Å². The summed E-state index contributed by atoms with van der Waals surface area (Å²) >= 11 is 0. The highest BCUT2D eigenvalue weighted by Crippen LogP contribution is 2.18. The van der Waals surface area contributed by atoms with Crippen LogP contribution in [-0.2, 0) is 13.5 Å². The number of aromatic nitrogens is 3. The third-order valence-corrected chi connectivity index (χ3v) is 2.35. The van der Waals surface area contributed by atoms with E-state index in [-0.39, 0.29) is 0 Å². The third kappa shape index (κ3) is 2.38. The van der Waals surface area contributed by atoms with Gasteiger partial charge in [-0.25, -0.2) is 0 Å². The van der Waals surface area contributed by atoms with E-state index in [2.05, 4.69) is 10.3 Å². The molecule has 0 fully saturated rings. The van der Waals surface area contributed by atoms with Crippen molar-refractivity contribution >= 4 is 5.69 Å². The first-order valence-corrected chi connectivity index (χ1v) is 5.04. The second-order valence-corrected chi connectivity index (χ2v) is 3.77. The van der Waals surface area contributed by atoms with Crippen LogP contribution in [0, 0.1) is 0 Å². The van der Waals surface area contributed by atoms with Gasteiger partial charge in [-0.1, -0.05) is 17.3 Å². The van der Waals surface area contributed by atoms with Crippen LogP contribution >= 0.6 is 0 Å². The maximum Gasteiger partial charge on any atom is 0.0856 e. The van der Waals surface area contributed by atoms with E-state index in [1.807, 2.05) is 12.1 Å². The molecule has 0 spiro atoms. The molecule has 16 heavy (non-hydrogen) atoms. The number of aryl methyl sites for hydroxylation is 1. The van der Waals surface area contributed by atoms with Gasteiger partial charge in [0.1, 0.15) is 0 Å². The summed E-state index contributed by atoms with van der Waals surface area (Å²) in [6, 6.07) is 7.22. The van der Waals surface area contributed by atoms with Crippen LogP contribution in [0.2, 0.25) is 0 Å². The number of nitrogen functional groups attached to an aromatic ring is 1. The molecule has 1 heterocycles. The fourth-order valence-electron chi connectivity index (χ4n) is 1.57. The molecule has 0 bridgehead atoms. The van der Waals surface area contributed by atoms with Gasteiger partial charge in [0, 0.05) is 25.4 Å². The highest BCUT2D eigenvalue weighted by Gasteiger charge is 2.10. The van der Waals surface area contributed by atoms with Crippen molar-refractivity contribution in [2.75, 3.05) is 5.73 Å². The van der Waals surface area contributed by atoms with Gasteiger partial charge in [-0.15, -0.1) is 5.10 Å². The Morgan fingerprint density at radius 3 is 2.94 bits per heavy atom. The van der Waals surface area contributed by atoms with E-state index in [0.29, 0.717) is 12.1 Å². The van der Waals surface area contributed by atoms with Crippen LogP contribution in [0.25, 0.3) is 0 Å². The Morgan fingerprint density at radius 1 is 1.50 bits per heavy atom. The topological polar surface area (TPSA) is 77.0 Å². The van der Waals surface area contributed by atoms with Crippen molar-refractivity contribution in [2.45, 2.75) is 12.5 Å². The van der Waals surface area contributed by atoms with Gasteiger partial charge >= 0.3 is 0 Å². The SMILES string of the molecule is Cn1cc(CC(O)c2cccc(N)c2)nn1. The largest absolute Gasteiger partial charge is 0.399 e. The average molecular weight is 218 g/mol. The summed E-state index contributed by atoms with van der Waals surface area (Å²) in [4.78, 5) is 0. The van der Waals surface area contributed by atoms with Crippen LogP contribution in [0.3, 0.4) is 0 Å². The van der Waals surface area contributed by atoms with E-state index in [1.165, 1.54) is 0 Å².